The number of fused-ring (bicyclic) bond motifs is 4. The fraction of sp³-hybridized carbons (Fsp3) is 0. The summed E-state index contributed by atoms with van der Waals surface area (Å²) in [6.45, 7) is 0. The van der Waals surface area contributed by atoms with Crippen molar-refractivity contribution < 1.29 is 0 Å². The fourth-order valence-electron chi connectivity index (χ4n) is 7.59. The Kier molecular flexibility index (Phi) is 7.43. The van der Waals surface area contributed by atoms with Gasteiger partial charge in [0.1, 0.15) is 0 Å². The maximum atomic E-state index is 5.09. The average Bonchev–Trinajstić information content (AvgIpc) is 3.57. The van der Waals surface area contributed by atoms with Crippen LogP contribution in [-0.4, -0.2) is 19.5 Å². The second-order valence-corrected chi connectivity index (χ2v) is 13.2. The molecule has 4 heteroatoms. The lowest BCUT2D eigenvalue weighted by Crippen LogP contribution is -2.01. The molecule has 0 saturated carbocycles. The molecule has 10 rings (SSSR count). The van der Waals surface area contributed by atoms with Gasteiger partial charge in [0.2, 0.25) is 0 Å². The van der Waals surface area contributed by atoms with E-state index in [9.17, 15) is 0 Å². The van der Waals surface area contributed by atoms with Crippen molar-refractivity contribution in [1.82, 2.24) is 19.5 Å². The van der Waals surface area contributed by atoms with Crippen molar-refractivity contribution in [3.63, 3.8) is 0 Å². The van der Waals surface area contributed by atoms with Gasteiger partial charge < -0.3 is 4.57 Å². The van der Waals surface area contributed by atoms with Gasteiger partial charge in [-0.1, -0.05) is 170 Å². The third-order valence-electron chi connectivity index (χ3n) is 10.1. The SMILES string of the molecule is c1ccc(-c2ccc3c4ccccc4n(-c4ccccc4-c4ccc(-c5nc(-c6ccccc6)nc(-c6ccccc6)n5)c5ccccc45)c3c2)cc1. The van der Waals surface area contributed by atoms with E-state index in [1.54, 1.807) is 0 Å². The zero-order valence-corrected chi connectivity index (χ0v) is 28.8. The van der Waals surface area contributed by atoms with E-state index in [1.807, 2.05) is 60.7 Å². The number of benzene rings is 8. The minimum absolute atomic E-state index is 0.643. The lowest BCUT2D eigenvalue weighted by Gasteiger charge is -2.17. The summed E-state index contributed by atoms with van der Waals surface area (Å²) in [5.74, 6) is 1.94. The van der Waals surface area contributed by atoms with Crippen LogP contribution >= 0.6 is 0 Å². The average molecular weight is 677 g/mol. The Balaban J connectivity index is 1.19. The van der Waals surface area contributed by atoms with Crippen LogP contribution in [0.5, 0.6) is 0 Å². The Morgan fingerprint density at radius 1 is 0.283 bits per heavy atom. The number of hydrogen-bond acceptors (Lipinski definition) is 3. The fourth-order valence-corrected chi connectivity index (χ4v) is 7.59. The standard InChI is InChI=1S/C49H32N4/c1-4-16-33(17-5-1)36-28-29-42-41-25-13-15-27-45(41)53(46(42)32-36)44-26-14-12-24-40(44)39-30-31-43(38-23-11-10-22-37(38)39)49-51-47(34-18-6-2-7-19-34)50-48(52-49)35-20-8-3-9-21-35/h1-32H. The highest BCUT2D eigenvalue weighted by atomic mass is 15.0. The normalized spacial score (nSPS) is 11.4. The molecule has 0 aliphatic rings. The van der Waals surface area contributed by atoms with E-state index in [1.165, 1.54) is 32.9 Å². The third kappa shape index (κ3) is 5.36. The first-order chi connectivity index (χ1) is 26.3. The van der Waals surface area contributed by atoms with E-state index in [-0.39, 0.29) is 0 Å². The van der Waals surface area contributed by atoms with Crippen LogP contribution in [0.1, 0.15) is 0 Å². The van der Waals surface area contributed by atoms with E-state index in [4.69, 9.17) is 15.0 Å². The molecule has 2 heterocycles. The highest BCUT2D eigenvalue weighted by Gasteiger charge is 2.20. The Morgan fingerprint density at radius 2 is 0.774 bits per heavy atom. The molecule has 0 atom stereocenters. The topological polar surface area (TPSA) is 43.6 Å². The first-order valence-electron chi connectivity index (χ1n) is 17.9. The van der Waals surface area contributed by atoms with Crippen LogP contribution in [0, 0.1) is 0 Å². The predicted molar refractivity (Wildman–Crippen MR) is 219 cm³/mol. The highest BCUT2D eigenvalue weighted by molar-refractivity contribution is 6.12. The molecular formula is C49H32N4. The largest absolute Gasteiger partial charge is 0.309 e. The van der Waals surface area contributed by atoms with Crippen molar-refractivity contribution in [3.05, 3.63) is 194 Å². The van der Waals surface area contributed by atoms with Crippen molar-refractivity contribution in [1.29, 1.82) is 0 Å². The lowest BCUT2D eigenvalue weighted by atomic mass is 9.93. The Bertz CT molecular complexity index is 2870. The monoisotopic (exact) mass is 676 g/mol. The van der Waals surface area contributed by atoms with Crippen LogP contribution in [0.25, 0.3) is 94.7 Å². The van der Waals surface area contributed by atoms with Crippen molar-refractivity contribution in [3.8, 4) is 62.1 Å². The number of nitrogens with zero attached hydrogens (tertiary/aromatic N) is 4. The first-order valence-corrected chi connectivity index (χ1v) is 17.9. The summed E-state index contributed by atoms with van der Waals surface area (Å²) < 4.78 is 2.43. The van der Waals surface area contributed by atoms with Gasteiger partial charge in [0.15, 0.2) is 17.5 Å². The summed E-state index contributed by atoms with van der Waals surface area (Å²) in [6.07, 6.45) is 0. The molecule has 0 N–H and O–H groups in total. The van der Waals surface area contributed by atoms with Crippen LogP contribution in [0.15, 0.2) is 194 Å². The third-order valence-corrected chi connectivity index (χ3v) is 10.1. The second-order valence-electron chi connectivity index (χ2n) is 13.2. The molecule has 0 saturated heterocycles. The molecule has 8 aromatic carbocycles. The first kappa shape index (κ1) is 30.6. The maximum absolute atomic E-state index is 5.09. The van der Waals surface area contributed by atoms with Crippen molar-refractivity contribution in [2.45, 2.75) is 0 Å². The summed E-state index contributed by atoms with van der Waals surface area (Å²) >= 11 is 0. The van der Waals surface area contributed by atoms with Crippen LogP contribution in [-0.2, 0) is 0 Å². The molecular weight excluding hydrogens is 645 g/mol. The molecule has 10 aromatic rings. The molecule has 0 amide bonds. The van der Waals surface area contributed by atoms with Crippen LogP contribution in [0.3, 0.4) is 0 Å². The van der Waals surface area contributed by atoms with Gasteiger partial charge in [-0.2, -0.15) is 0 Å². The summed E-state index contributed by atoms with van der Waals surface area (Å²) in [5.41, 5.74) is 11.0. The second kappa shape index (κ2) is 12.9. The number of hydrogen-bond donors (Lipinski definition) is 0. The minimum Gasteiger partial charge on any atom is -0.309 e. The summed E-state index contributed by atoms with van der Waals surface area (Å²) in [5, 5.41) is 4.67. The Labute approximate surface area is 307 Å². The molecule has 4 nitrogen and oxygen atoms in total. The Morgan fingerprint density at radius 3 is 1.45 bits per heavy atom. The zero-order chi connectivity index (χ0) is 35.1. The van der Waals surface area contributed by atoms with E-state index in [0.29, 0.717) is 17.5 Å². The van der Waals surface area contributed by atoms with Gasteiger partial charge in [0.25, 0.3) is 0 Å². The summed E-state index contributed by atoms with van der Waals surface area (Å²) in [4.78, 5) is 15.1. The Hall–Kier alpha value is -7.17. The molecule has 2 aromatic heterocycles. The molecule has 0 unspecified atom stereocenters. The number of rotatable bonds is 6. The van der Waals surface area contributed by atoms with E-state index in [2.05, 4.69) is 138 Å². The number of para-hydroxylation sites is 2. The maximum Gasteiger partial charge on any atom is 0.164 e. The molecule has 0 radical (unpaired) electrons. The van der Waals surface area contributed by atoms with Crippen LogP contribution in [0.4, 0.5) is 0 Å². The predicted octanol–water partition coefficient (Wildman–Crippen LogP) is 12.5. The van der Waals surface area contributed by atoms with Gasteiger partial charge >= 0.3 is 0 Å². The quantitative estimate of drug-likeness (QED) is 0.176. The van der Waals surface area contributed by atoms with Crippen molar-refractivity contribution in [2.24, 2.45) is 0 Å². The van der Waals surface area contributed by atoms with E-state index in [0.717, 1.165) is 44.3 Å². The summed E-state index contributed by atoms with van der Waals surface area (Å²) in [6, 6.07) is 68.2. The van der Waals surface area contributed by atoms with Gasteiger partial charge in [0, 0.05) is 33.0 Å². The van der Waals surface area contributed by atoms with Gasteiger partial charge in [-0.15, -0.1) is 0 Å². The van der Waals surface area contributed by atoms with Gasteiger partial charge in [-0.25, -0.2) is 15.0 Å². The molecule has 248 valence electrons. The van der Waals surface area contributed by atoms with Crippen LogP contribution in [0.2, 0.25) is 0 Å². The molecule has 0 fully saturated rings. The van der Waals surface area contributed by atoms with Crippen molar-refractivity contribution >= 4 is 32.6 Å². The van der Waals surface area contributed by atoms with Crippen molar-refractivity contribution in [2.75, 3.05) is 0 Å². The summed E-state index contributed by atoms with van der Waals surface area (Å²) in [7, 11) is 0. The smallest absolute Gasteiger partial charge is 0.164 e. The molecule has 0 bridgehead atoms. The molecule has 53 heavy (non-hydrogen) atoms. The molecule has 0 aliphatic carbocycles. The van der Waals surface area contributed by atoms with E-state index < -0.39 is 0 Å². The van der Waals surface area contributed by atoms with Gasteiger partial charge in [0.05, 0.1) is 16.7 Å². The molecule has 0 spiro atoms. The molecule has 0 aliphatic heterocycles. The van der Waals surface area contributed by atoms with Gasteiger partial charge in [-0.05, 0) is 51.7 Å². The lowest BCUT2D eigenvalue weighted by molar-refractivity contribution is 1.08. The minimum atomic E-state index is 0.643. The zero-order valence-electron chi connectivity index (χ0n) is 28.8. The van der Waals surface area contributed by atoms with Gasteiger partial charge in [-0.3, -0.25) is 0 Å². The highest BCUT2D eigenvalue weighted by Crippen LogP contribution is 2.41. The number of aromatic nitrogens is 4. The van der Waals surface area contributed by atoms with E-state index >= 15 is 0 Å². The van der Waals surface area contributed by atoms with Crippen LogP contribution < -0.4 is 0 Å².